The Morgan fingerprint density at radius 2 is 1.86 bits per heavy atom. The summed E-state index contributed by atoms with van der Waals surface area (Å²) in [5.41, 5.74) is 6.57. The third-order valence-corrected chi connectivity index (χ3v) is 4.17. The Kier molecular flexibility index (Phi) is 7.38. The SMILES string of the molecule is CC.CN.Cc1nccc2nc(-c3c(F)cccc3Cl)sc12. The van der Waals surface area contributed by atoms with E-state index >= 15 is 0 Å². The van der Waals surface area contributed by atoms with Gasteiger partial charge in [-0.05, 0) is 32.2 Å². The van der Waals surface area contributed by atoms with E-state index in [2.05, 4.69) is 15.7 Å². The van der Waals surface area contributed by atoms with Crippen molar-refractivity contribution in [2.45, 2.75) is 20.8 Å². The fraction of sp³-hybridized carbons (Fsp3) is 0.250. The van der Waals surface area contributed by atoms with Gasteiger partial charge < -0.3 is 5.73 Å². The lowest BCUT2D eigenvalue weighted by Crippen LogP contribution is -1.84. The van der Waals surface area contributed by atoms with E-state index in [0.717, 1.165) is 15.9 Å². The van der Waals surface area contributed by atoms with Crippen molar-refractivity contribution in [2.75, 3.05) is 7.05 Å². The molecule has 0 bridgehead atoms. The van der Waals surface area contributed by atoms with Crippen LogP contribution in [0.4, 0.5) is 4.39 Å². The summed E-state index contributed by atoms with van der Waals surface area (Å²) in [5.74, 6) is -0.354. The summed E-state index contributed by atoms with van der Waals surface area (Å²) in [5, 5.41) is 0.962. The van der Waals surface area contributed by atoms with Crippen LogP contribution in [0.15, 0.2) is 30.5 Å². The van der Waals surface area contributed by atoms with Gasteiger partial charge in [-0.15, -0.1) is 11.3 Å². The van der Waals surface area contributed by atoms with Crippen LogP contribution in [0.2, 0.25) is 5.02 Å². The van der Waals surface area contributed by atoms with E-state index in [1.807, 2.05) is 26.8 Å². The smallest absolute Gasteiger partial charge is 0.134 e. The molecule has 0 radical (unpaired) electrons. The van der Waals surface area contributed by atoms with Gasteiger partial charge in [0.2, 0.25) is 0 Å². The van der Waals surface area contributed by atoms with Crippen LogP contribution in [-0.2, 0) is 0 Å². The molecule has 0 aliphatic rings. The maximum absolute atomic E-state index is 13.8. The summed E-state index contributed by atoms with van der Waals surface area (Å²) < 4.78 is 14.8. The topological polar surface area (TPSA) is 51.8 Å². The molecule has 3 nitrogen and oxygen atoms in total. The van der Waals surface area contributed by atoms with Crippen molar-refractivity contribution >= 4 is 33.2 Å². The minimum atomic E-state index is -0.354. The molecule has 2 heterocycles. The van der Waals surface area contributed by atoms with Crippen LogP contribution in [0.1, 0.15) is 19.5 Å². The second kappa shape index (κ2) is 8.78. The first-order chi connectivity index (χ1) is 10.7. The van der Waals surface area contributed by atoms with Crippen molar-refractivity contribution in [2.24, 2.45) is 5.73 Å². The molecule has 0 saturated carbocycles. The third kappa shape index (κ3) is 3.80. The average molecular weight is 340 g/mol. The largest absolute Gasteiger partial charge is 0.333 e. The Morgan fingerprint density at radius 1 is 1.18 bits per heavy atom. The van der Waals surface area contributed by atoms with E-state index in [4.69, 9.17) is 11.6 Å². The summed E-state index contributed by atoms with van der Waals surface area (Å²) in [6, 6.07) is 6.45. The van der Waals surface area contributed by atoms with Crippen molar-refractivity contribution in [1.82, 2.24) is 9.97 Å². The lowest BCUT2D eigenvalue weighted by atomic mass is 10.2. The Balaban J connectivity index is 0.000000561. The lowest BCUT2D eigenvalue weighted by molar-refractivity contribution is 0.631. The Bertz CT molecular complexity index is 723. The summed E-state index contributed by atoms with van der Waals surface area (Å²) >= 11 is 7.45. The number of nitrogens with zero attached hydrogens (tertiary/aromatic N) is 2. The standard InChI is InChI=1S/C13H8ClFN2S.C2H6.CH5N/c1-7-12-10(5-6-16-7)17-13(18-12)11-8(14)3-2-4-9(11)15;2*1-2/h2-6H,1H3;1-2H3;2H2,1H3. The Hall–Kier alpha value is -1.56. The zero-order chi connectivity index (χ0) is 16.7. The average Bonchev–Trinajstić information content (AvgIpc) is 2.96. The van der Waals surface area contributed by atoms with E-state index < -0.39 is 0 Å². The van der Waals surface area contributed by atoms with Gasteiger partial charge in [-0.1, -0.05) is 31.5 Å². The van der Waals surface area contributed by atoms with Crippen LogP contribution in [-0.4, -0.2) is 17.0 Å². The van der Waals surface area contributed by atoms with E-state index in [1.54, 1.807) is 18.3 Å². The normalized spacial score (nSPS) is 9.59. The van der Waals surface area contributed by atoms with E-state index in [9.17, 15) is 4.39 Å². The summed E-state index contributed by atoms with van der Waals surface area (Å²) in [6.45, 7) is 5.91. The maximum Gasteiger partial charge on any atom is 0.134 e. The fourth-order valence-corrected chi connectivity index (χ4v) is 3.17. The monoisotopic (exact) mass is 339 g/mol. The number of aryl methyl sites for hydroxylation is 1. The number of pyridine rings is 1. The van der Waals surface area contributed by atoms with Gasteiger partial charge in [0.25, 0.3) is 0 Å². The summed E-state index contributed by atoms with van der Waals surface area (Å²) in [4.78, 5) is 8.62. The molecule has 3 rings (SSSR count). The predicted molar refractivity (Wildman–Crippen MR) is 94.0 cm³/mol. The molecule has 2 aromatic heterocycles. The van der Waals surface area contributed by atoms with Gasteiger partial charge in [-0.25, -0.2) is 9.37 Å². The molecule has 0 spiro atoms. The molecule has 22 heavy (non-hydrogen) atoms. The predicted octanol–water partition coefficient (Wildman–Crippen LogP) is 5.06. The van der Waals surface area contributed by atoms with Crippen LogP contribution in [0.5, 0.6) is 0 Å². The molecular formula is C16H19ClFN3S. The van der Waals surface area contributed by atoms with Crippen molar-refractivity contribution in [3.63, 3.8) is 0 Å². The van der Waals surface area contributed by atoms with Gasteiger partial charge in [0, 0.05) is 6.20 Å². The number of hydrogen-bond acceptors (Lipinski definition) is 4. The molecule has 0 amide bonds. The number of hydrogen-bond donors (Lipinski definition) is 1. The van der Waals surface area contributed by atoms with Crippen LogP contribution in [0, 0.1) is 12.7 Å². The molecule has 0 aliphatic heterocycles. The number of rotatable bonds is 1. The summed E-state index contributed by atoms with van der Waals surface area (Å²) in [7, 11) is 1.50. The quantitative estimate of drug-likeness (QED) is 0.674. The number of thiazole rings is 1. The number of halogens is 2. The minimum absolute atomic E-state index is 0.354. The zero-order valence-corrected chi connectivity index (χ0v) is 14.6. The van der Waals surface area contributed by atoms with Crippen molar-refractivity contribution in [1.29, 1.82) is 0 Å². The molecular weight excluding hydrogens is 321 g/mol. The summed E-state index contributed by atoms with van der Waals surface area (Å²) in [6.07, 6.45) is 1.70. The Morgan fingerprint density at radius 3 is 2.45 bits per heavy atom. The maximum atomic E-state index is 13.8. The van der Waals surface area contributed by atoms with E-state index in [1.165, 1.54) is 24.5 Å². The number of nitrogens with two attached hydrogens (primary N) is 1. The third-order valence-electron chi connectivity index (χ3n) is 2.66. The van der Waals surface area contributed by atoms with Crippen molar-refractivity contribution in [3.8, 4) is 10.6 Å². The van der Waals surface area contributed by atoms with Crippen LogP contribution >= 0.6 is 22.9 Å². The first-order valence-corrected chi connectivity index (χ1v) is 8.10. The number of fused-ring (bicyclic) bond motifs is 1. The van der Waals surface area contributed by atoms with Gasteiger partial charge in [-0.2, -0.15) is 0 Å². The van der Waals surface area contributed by atoms with Crippen molar-refractivity contribution in [3.05, 3.63) is 47.0 Å². The molecule has 0 atom stereocenters. The molecule has 0 saturated heterocycles. The molecule has 0 aliphatic carbocycles. The van der Waals surface area contributed by atoms with Gasteiger partial charge >= 0.3 is 0 Å². The molecule has 1 aromatic carbocycles. The minimum Gasteiger partial charge on any atom is -0.333 e. The van der Waals surface area contributed by atoms with Crippen LogP contribution in [0.3, 0.4) is 0 Å². The second-order valence-electron chi connectivity index (χ2n) is 3.86. The van der Waals surface area contributed by atoms with Crippen molar-refractivity contribution < 1.29 is 4.39 Å². The van der Waals surface area contributed by atoms with Gasteiger partial charge in [0.05, 0.1) is 26.5 Å². The first kappa shape index (κ1) is 18.5. The van der Waals surface area contributed by atoms with Gasteiger partial charge in [0.1, 0.15) is 10.8 Å². The highest BCUT2D eigenvalue weighted by Crippen LogP contribution is 2.36. The molecule has 118 valence electrons. The zero-order valence-electron chi connectivity index (χ0n) is 13.0. The molecule has 0 unspecified atom stereocenters. The molecule has 6 heteroatoms. The van der Waals surface area contributed by atoms with E-state index in [0.29, 0.717) is 15.6 Å². The second-order valence-corrected chi connectivity index (χ2v) is 5.27. The number of aromatic nitrogens is 2. The molecule has 3 aromatic rings. The number of benzene rings is 1. The van der Waals surface area contributed by atoms with Gasteiger partial charge in [0.15, 0.2) is 0 Å². The highest BCUT2D eigenvalue weighted by molar-refractivity contribution is 7.21. The lowest BCUT2D eigenvalue weighted by Gasteiger charge is -2.00. The first-order valence-electron chi connectivity index (χ1n) is 6.91. The Labute approximate surface area is 139 Å². The molecule has 2 N–H and O–H groups in total. The highest BCUT2D eigenvalue weighted by atomic mass is 35.5. The molecule has 0 fully saturated rings. The van der Waals surface area contributed by atoms with Crippen LogP contribution in [0.25, 0.3) is 20.8 Å². The van der Waals surface area contributed by atoms with Crippen LogP contribution < -0.4 is 5.73 Å². The highest BCUT2D eigenvalue weighted by Gasteiger charge is 2.15. The van der Waals surface area contributed by atoms with E-state index in [-0.39, 0.29) is 5.82 Å². The van der Waals surface area contributed by atoms with Gasteiger partial charge in [-0.3, -0.25) is 4.98 Å². The fourth-order valence-electron chi connectivity index (χ4n) is 1.79.